The van der Waals surface area contributed by atoms with E-state index in [4.69, 9.17) is 61.8 Å². The zero-order valence-corrected chi connectivity index (χ0v) is 76.2. The largest absolute Gasteiger partial charge is 0.456 e. The van der Waals surface area contributed by atoms with E-state index in [9.17, 15) is 0 Å². The quantitative estimate of drug-likeness (QED) is 0.0850. The Hall–Kier alpha value is -15.6. The highest BCUT2D eigenvalue weighted by atomic mass is 16.3. The molecule has 131 heavy (non-hydrogen) atoms. The molecule has 0 saturated heterocycles. The molecule has 0 N–H and O–H groups in total. The Kier molecular flexibility index (Phi) is 20.1. The fourth-order valence-corrected chi connectivity index (χ4v) is 17.6. The molecule has 20 aromatic rings. The molecule has 8 heterocycles. The minimum Gasteiger partial charge on any atom is -0.456 e. The van der Waals surface area contributed by atoms with Crippen LogP contribution in [0.2, 0.25) is 0 Å². The van der Waals surface area contributed by atoms with Gasteiger partial charge in [0.1, 0.15) is 72.9 Å². The molecule has 0 spiro atoms. The number of benzene rings is 12. The molecule has 8 aromatic heterocycles. The molecular weight excluding hydrogens is 1610 g/mol. The SMILES string of the molecule is [2H]c1c[n+](C)c(-c2c(C)ccc3c2oc2c(-c4ccccc4)c([N+]#[C-])ccc23)cc1C([2H])(C)C.[2H]c1c[n+](C)c(-c2c(C)ccc3c2oc2c(-c4ccccc4)c([N+]#[C-])ccc23)cc1C([2H])(C)C([2H])([2H])[2H].[2H]c1c[n+](C)c(-c2c(C)ccc3c2oc2c(-c4ccccc4)c([N+]#[C-])ccc23)cc1C([2H])([2H])C(C)(C)C.[2H]c1c[n+](C)c(-c2c(C)ccc3c2oc2c(-c4ccccc4)c([N+]#[C-])ccc23)cc1C([2H])([2H])C(C)C. The van der Waals surface area contributed by atoms with Gasteiger partial charge in [-0.3, -0.25) is 0 Å². The molecule has 0 saturated carbocycles. The highest BCUT2D eigenvalue weighted by Crippen LogP contribution is 2.51. The monoisotopic (exact) mass is 1720 g/mol. The summed E-state index contributed by atoms with van der Waals surface area (Å²) in [7, 11) is 7.45. The summed E-state index contributed by atoms with van der Waals surface area (Å²) in [4.78, 5) is 15.1. The minimum absolute atomic E-state index is 0.0117. The Morgan fingerprint density at radius 2 is 0.573 bits per heavy atom. The topological polar surface area (TPSA) is 85.5 Å². The summed E-state index contributed by atoms with van der Waals surface area (Å²) in [5.41, 5.74) is 25.3. The number of hydrogen-bond donors (Lipinski definition) is 0. The third kappa shape index (κ3) is 16.8. The van der Waals surface area contributed by atoms with Crippen LogP contribution in [0, 0.1) is 65.3 Å². The van der Waals surface area contributed by atoms with E-state index in [0.29, 0.717) is 90.3 Å². The first-order chi connectivity index (χ1) is 68.3. The van der Waals surface area contributed by atoms with Gasteiger partial charge in [-0.15, -0.1) is 0 Å². The second-order valence-corrected chi connectivity index (χ2v) is 34.8. The van der Waals surface area contributed by atoms with Crippen LogP contribution in [0.5, 0.6) is 0 Å². The molecule has 0 amide bonds. The molecule has 0 aliphatic heterocycles. The molecule has 12 heteroatoms. The maximum Gasteiger partial charge on any atom is 0.216 e. The smallest absolute Gasteiger partial charge is 0.216 e. The van der Waals surface area contributed by atoms with E-state index < -0.39 is 36.8 Å². The number of fused-ring (bicyclic) bond motifs is 12. The molecule has 12 aromatic carbocycles. The summed E-state index contributed by atoms with van der Waals surface area (Å²) in [5.74, 6) is -3.15. The molecule has 0 radical (unpaired) electrons. The molecule has 20 rings (SSSR count). The molecular formula is C119H106N8O4+4. The van der Waals surface area contributed by atoms with Gasteiger partial charge in [-0.25, -0.2) is 37.6 Å². The summed E-state index contributed by atoms with van der Waals surface area (Å²) in [6, 6.07) is 78.4. The highest BCUT2D eigenvalue weighted by Gasteiger charge is 2.31. The molecule has 1 unspecified atom stereocenters. The number of aryl methyl sites for hydroxylation is 8. The third-order valence-corrected chi connectivity index (χ3v) is 23.9. The van der Waals surface area contributed by atoms with Crippen LogP contribution in [-0.2, 0) is 40.9 Å². The first kappa shape index (κ1) is 72.4. The van der Waals surface area contributed by atoms with Gasteiger partial charge in [-0.2, -0.15) is 0 Å². The number of rotatable bonds is 13. The number of pyridine rings is 4. The van der Waals surface area contributed by atoms with Gasteiger partial charge in [0, 0.05) is 126 Å². The maximum atomic E-state index is 8.85. The van der Waals surface area contributed by atoms with Crippen molar-refractivity contribution in [3.05, 3.63) is 382 Å². The standard InChI is InChI=1S/C31H29N2O.C30H27N2O.2C29H25N2O/c1-20-12-13-23-24-14-15-25(32-5)28(22-10-8-7-9-11-22)30(24)34-29(23)27(20)26-18-21(16-17-33(26)6)19-31(2,3)4;1-19(2)17-21-15-16-32(5)26(18-21)27-20(3)11-12-23-24-13-14-25(31-4)28(30(24)33-29(23)27)22-9-7-6-8-10-22;2*1-18(2)21-15-16-31(5)25(17-21)26-19(3)11-12-22-23-13-14-24(30-4)27(29(23)32-28(22)26)20-9-7-6-8-10-20/h7-18H,19H2,1-4,6H3;6-16,18-19H,17H2,1-3,5H3;2*6-18H,1-3,5H3/q4*+1/i16D,19D2;15D,17D2;1D3,15D,18D;15D,18D. The summed E-state index contributed by atoms with van der Waals surface area (Å²) in [5, 5.41) is 7.39. The van der Waals surface area contributed by atoms with Gasteiger partial charge in [-0.1, -0.05) is 281 Å². The lowest BCUT2D eigenvalue weighted by Crippen LogP contribution is -2.31. The van der Waals surface area contributed by atoms with Crippen molar-refractivity contribution in [2.75, 3.05) is 0 Å². The molecule has 642 valence electrons. The summed E-state index contributed by atoms with van der Waals surface area (Å²) >= 11 is 0. The van der Waals surface area contributed by atoms with Crippen LogP contribution < -0.4 is 18.3 Å². The van der Waals surface area contributed by atoms with Gasteiger partial charge in [0.25, 0.3) is 0 Å². The number of hydrogen-bond acceptors (Lipinski definition) is 4. The van der Waals surface area contributed by atoms with E-state index in [2.05, 4.69) is 31.5 Å². The van der Waals surface area contributed by atoms with Gasteiger partial charge >= 0.3 is 0 Å². The molecule has 0 aliphatic carbocycles. The van der Waals surface area contributed by atoms with E-state index in [1.807, 2.05) is 303 Å². The fourth-order valence-electron chi connectivity index (χ4n) is 17.6. The second-order valence-electron chi connectivity index (χ2n) is 34.8. The number of furan rings is 4. The van der Waals surface area contributed by atoms with Gasteiger partial charge in [-0.05, 0) is 130 Å². The normalized spacial score (nSPS) is 13.8. The predicted molar refractivity (Wildman–Crippen MR) is 537 cm³/mol. The Labute approximate surface area is 785 Å². The lowest BCUT2D eigenvalue weighted by molar-refractivity contribution is -0.660. The third-order valence-electron chi connectivity index (χ3n) is 23.9. The second kappa shape index (κ2) is 36.3. The van der Waals surface area contributed by atoms with Crippen molar-refractivity contribution in [1.29, 1.82) is 0 Å². The van der Waals surface area contributed by atoms with Crippen LogP contribution in [0.15, 0.2) is 309 Å². The Morgan fingerprint density at radius 1 is 0.328 bits per heavy atom. The van der Waals surface area contributed by atoms with E-state index in [0.717, 1.165) is 155 Å². The predicted octanol–water partition coefficient (Wildman–Crippen LogP) is 31.4. The van der Waals surface area contributed by atoms with Crippen molar-refractivity contribution < 1.29 is 53.8 Å². The number of aromatic nitrogens is 4. The van der Waals surface area contributed by atoms with Gasteiger partial charge in [0.15, 0.2) is 47.5 Å². The van der Waals surface area contributed by atoms with E-state index in [-0.39, 0.29) is 29.6 Å². The molecule has 0 aliphatic rings. The Balaban J connectivity index is 0.000000132. The molecule has 0 fully saturated rings. The van der Waals surface area contributed by atoms with Crippen molar-refractivity contribution in [1.82, 2.24) is 0 Å². The highest BCUT2D eigenvalue weighted by molar-refractivity contribution is 6.19. The van der Waals surface area contributed by atoms with Crippen molar-refractivity contribution >= 4 is 111 Å². The molecule has 0 bridgehead atoms. The average molecular weight is 1730 g/mol. The minimum atomic E-state index is -2.61. The van der Waals surface area contributed by atoms with Crippen LogP contribution in [0.4, 0.5) is 22.7 Å². The van der Waals surface area contributed by atoms with Crippen molar-refractivity contribution in [3.63, 3.8) is 0 Å². The van der Waals surface area contributed by atoms with Crippen LogP contribution in [0.1, 0.15) is 136 Å². The zero-order valence-electron chi connectivity index (χ0n) is 89.2. The molecule has 1 atom stereocenters. The van der Waals surface area contributed by atoms with Crippen molar-refractivity contribution in [3.8, 4) is 89.5 Å². The lowest BCUT2D eigenvalue weighted by Gasteiger charge is -2.18. The van der Waals surface area contributed by atoms with Gasteiger partial charge in [0.05, 0.1) is 54.0 Å². The number of nitrogens with zero attached hydrogens (tertiary/aromatic N) is 8. The van der Waals surface area contributed by atoms with Crippen LogP contribution in [0.3, 0.4) is 0 Å². The van der Waals surface area contributed by atoms with Gasteiger partial charge in [0.2, 0.25) is 22.8 Å². The fraction of sp³-hybridized carbons (Fsp3) is 0.193. The maximum absolute atomic E-state index is 8.85. The summed E-state index contributed by atoms with van der Waals surface area (Å²) < 4.78 is 144. The Bertz CT molecular complexity index is 8530. The first-order valence-corrected chi connectivity index (χ1v) is 43.5. The summed E-state index contributed by atoms with van der Waals surface area (Å²) in [6.45, 7) is 50.5. The Morgan fingerprint density at radius 3 is 0.832 bits per heavy atom. The van der Waals surface area contributed by atoms with Crippen molar-refractivity contribution in [2.45, 2.75) is 114 Å². The van der Waals surface area contributed by atoms with E-state index in [1.165, 1.54) is 13.1 Å². The van der Waals surface area contributed by atoms with Crippen LogP contribution in [-0.4, -0.2) is 0 Å². The van der Waals surface area contributed by atoms with Gasteiger partial charge < -0.3 is 17.7 Å². The average Bonchev–Trinajstić information content (AvgIpc) is 1.64. The lowest BCUT2D eigenvalue weighted by atomic mass is 9.88. The van der Waals surface area contributed by atoms with Crippen LogP contribution in [0.25, 0.3) is 197 Å². The van der Waals surface area contributed by atoms with Crippen molar-refractivity contribution in [2.24, 2.45) is 39.5 Å². The van der Waals surface area contributed by atoms with E-state index >= 15 is 0 Å². The molecule has 12 nitrogen and oxygen atoms in total. The van der Waals surface area contributed by atoms with Crippen LogP contribution >= 0.6 is 0 Å². The van der Waals surface area contributed by atoms with E-state index in [1.54, 1.807) is 68.3 Å². The zero-order chi connectivity index (χ0) is 103. The summed E-state index contributed by atoms with van der Waals surface area (Å²) in [6.07, 6.45) is 3.26. The first-order valence-electron chi connectivity index (χ1n) is 50.0.